The van der Waals surface area contributed by atoms with Crippen molar-refractivity contribution in [2.75, 3.05) is 16.3 Å². The Morgan fingerprint density at radius 2 is 1.76 bits per heavy atom. The van der Waals surface area contributed by atoms with E-state index < -0.39 is 10.0 Å². The van der Waals surface area contributed by atoms with Gasteiger partial charge in [0.05, 0.1) is 12.8 Å². The summed E-state index contributed by atoms with van der Waals surface area (Å²) in [6, 6.07) is 11.4. The summed E-state index contributed by atoms with van der Waals surface area (Å²) in [4.78, 5) is 0. The van der Waals surface area contributed by atoms with Gasteiger partial charge in [-0.05, 0) is 42.8 Å². The molecule has 114 valence electrons. The molecule has 1 aromatic heterocycles. The second kappa shape index (κ2) is 6.67. The maximum Gasteiger partial charge on any atom is 0.229 e. The minimum atomic E-state index is -3.22. The summed E-state index contributed by atoms with van der Waals surface area (Å²) in [5.74, 6) is 0. The van der Waals surface area contributed by atoms with Crippen LogP contribution in [0.5, 0.6) is 0 Å². The quantitative estimate of drug-likeness (QED) is 0.827. The minimum Gasteiger partial charge on any atom is -0.379 e. The summed E-state index contributed by atoms with van der Waals surface area (Å²) < 4.78 is 26.9. The van der Waals surface area contributed by atoms with E-state index in [4.69, 9.17) is 0 Å². The van der Waals surface area contributed by atoms with Crippen LogP contribution in [0.1, 0.15) is 19.0 Å². The van der Waals surface area contributed by atoms with Crippen LogP contribution in [0.15, 0.2) is 42.6 Å². The Balaban J connectivity index is 1.96. The first-order chi connectivity index (χ1) is 9.98. The van der Waals surface area contributed by atoms with Crippen LogP contribution in [0.25, 0.3) is 0 Å². The fourth-order valence-electron chi connectivity index (χ4n) is 2.13. The number of benzene rings is 1. The van der Waals surface area contributed by atoms with E-state index in [1.165, 1.54) is 5.69 Å². The predicted octanol–water partition coefficient (Wildman–Crippen LogP) is 2.88. The van der Waals surface area contributed by atoms with Crippen molar-refractivity contribution >= 4 is 21.4 Å². The van der Waals surface area contributed by atoms with Crippen molar-refractivity contribution < 1.29 is 8.42 Å². The number of hydrogen-bond acceptors (Lipinski definition) is 3. The highest BCUT2D eigenvalue weighted by Gasteiger charge is 2.02. The highest BCUT2D eigenvalue weighted by atomic mass is 32.2. The van der Waals surface area contributed by atoms with Crippen LogP contribution >= 0.6 is 0 Å². The number of aryl methyl sites for hydroxylation is 1. The first-order valence-electron chi connectivity index (χ1n) is 6.93. The van der Waals surface area contributed by atoms with Crippen LogP contribution in [-0.4, -0.2) is 19.2 Å². The summed E-state index contributed by atoms with van der Waals surface area (Å²) in [5.41, 5.74) is 2.76. The molecule has 0 atom stereocenters. The molecular weight excluding hydrogens is 286 g/mol. The number of nitrogens with zero attached hydrogens (tertiary/aromatic N) is 1. The number of anilines is 2. The van der Waals surface area contributed by atoms with E-state index in [0.29, 0.717) is 5.69 Å². The lowest BCUT2D eigenvalue weighted by Crippen LogP contribution is -2.09. The van der Waals surface area contributed by atoms with E-state index in [2.05, 4.69) is 33.8 Å². The molecule has 0 saturated heterocycles. The Hall–Kier alpha value is -1.95. The van der Waals surface area contributed by atoms with E-state index >= 15 is 0 Å². The third-order valence-electron chi connectivity index (χ3n) is 3.05. The third-order valence-corrected chi connectivity index (χ3v) is 3.66. The molecule has 0 radical (unpaired) electrons. The van der Waals surface area contributed by atoms with Gasteiger partial charge in [-0.15, -0.1) is 0 Å². The number of aromatic nitrogens is 1. The van der Waals surface area contributed by atoms with Crippen LogP contribution < -0.4 is 10.0 Å². The van der Waals surface area contributed by atoms with Gasteiger partial charge < -0.3 is 9.88 Å². The molecule has 5 nitrogen and oxygen atoms in total. The molecule has 0 unspecified atom stereocenters. The standard InChI is InChI=1S/C15H21N3O2S/c1-3-10-18-11-4-5-15(18)12-16-13-6-8-14(9-7-13)17-21(2,19)20/h4-9,11,16-17H,3,10,12H2,1-2H3. The smallest absolute Gasteiger partial charge is 0.229 e. The molecule has 2 rings (SSSR count). The van der Waals surface area contributed by atoms with E-state index in [1.807, 2.05) is 18.2 Å². The van der Waals surface area contributed by atoms with Gasteiger partial charge >= 0.3 is 0 Å². The average Bonchev–Trinajstić information content (AvgIpc) is 2.84. The SMILES string of the molecule is CCCn1cccc1CNc1ccc(NS(C)(=O)=O)cc1. The molecule has 0 fully saturated rings. The maximum atomic E-state index is 11.1. The van der Waals surface area contributed by atoms with Crippen molar-refractivity contribution in [2.45, 2.75) is 26.4 Å². The first kappa shape index (κ1) is 15.4. The highest BCUT2D eigenvalue weighted by molar-refractivity contribution is 7.92. The van der Waals surface area contributed by atoms with Crippen molar-refractivity contribution in [3.8, 4) is 0 Å². The average molecular weight is 307 g/mol. The molecule has 0 aliphatic heterocycles. The number of hydrogen-bond donors (Lipinski definition) is 2. The van der Waals surface area contributed by atoms with Gasteiger partial charge in [-0.1, -0.05) is 6.92 Å². The van der Waals surface area contributed by atoms with Crippen molar-refractivity contribution in [1.82, 2.24) is 4.57 Å². The van der Waals surface area contributed by atoms with Crippen molar-refractivity contribution in [3.63, 3.8) is 0 Å². The summed E-state index contributed by atoms with van der Waals surface area (Å²) in [6.07, 6.45) is 4.33. The topological polar surface area (TPSA) is 63.1 Å². The molecule has 21 heavy (non-hydrogen) atoms. The maximum absolute atomic E-state index is 11.1. The van der Waals surface area contributed by atoms with Crippen LogP contribution in [-0.2, 0) is 23.1 Å². The second-order valence-electron chi connectivity index (χ2n) is 5.00. The molecule has 0 saturated carbocycles. The highest BCUT2D eigenvalue weighted by Crippen LogP contribution is 2.15. The van der Waals surface area contributed by atoms with Gasteiger partial charge in [0.25, 0.3) is 0 Å². The van der Waals surface area contributed by atoms with Crippen LogP contribution in [0.3, 0.4) is 0 Å². The second-order valence-corrected chi connectivity index (χ2v) is 6.75. The van der Waals surface area contributed by atoms with E-state index in [0.717, 1.165) is 31.5 Å². The van der Waals surface area contributed by atoms with Gasteiger partial charge in [0.15, 0.2) is 0 Å². The molecule has 1 aromatic carbocycles. The molecule has 0 spiro atoms. The number of nitrogens with one attached hydrogen (secondary N) is 2. The molecule has 2 aromatic rings. The summed E-state index contributed by atoms with van der Waals surface area (Å²) >= 11 is 0. The Bertz CT molecular complexity index is 675. The lowest BCUT2D eigenvalue weighted by molar-refractivity contribution is 0.607. The largest absolute Gasteiger partial charge is 0.379 e. The summed E-state index contributed by atoms with van der Waals surface area (Å²) in [7, 11) is -3.22. The van der Waals surface area contributed by atoms with Gasteiger partial charge in [-0.25, -0.2) is 8.42 Å². The Morgan fingerprint density at radius 1 is 1.10 bits per heavy atom. The third kappa shape index (κ3) is 4.82. The van der Waals surface area contributed by atoms with Crippen molar-refractivity contribution in [1.29, 1.82) is 0 Å². The molecule has 0 amide bonds. The zero-order chi connectivity index (χ0) is 15.3. The lowest BCUT2D eigenvalue weighted by Gasteiger charge is -2.11. The monoisotopic (exact) mass is 307 g/mol. The van der Waals surface area contributed by atoms with Crippen LogP contribution in [0.2, 0.25) is 0 Å². The van der Waals surface area contributed by atoms with E-state index in [1.54, 1.807) is 12.1 Å². The Morgan fingerprint density at radius 3 is 2.38 bits per heavy atom. The number of rotatable bonds is 7. The Kier molecular flexibility index (Phi) is 4.90. The van der Waals surface area contributed by atoms with Gasteiger partial charge in [0.2, 0.25) is 10.0 Å². The fourth-order valence-corrected chi connectivity index (χ4v) is 2.70. The normalized spacial score (nSPS) is 11.3. The van der Waals surface area contributed by atoms with E-state index in [9.17, 15) is 8.42 Å². The minimum absolute atomic E-state index is 0.567. The molecule has 0 bridgehead atoms. The zero-order valence-electron chi connectivity index (χ0n) is 12.3. The van der Waals surface area contributed by atoms with Crippen LogP contribution in [0, 0.1) is 0 Å². The Labute approximate surface area is 126 Å². The van der Waals surface area contributed by atoms with Gasteiger partial charge in [0.1, 0.15) is 0 Å². The molecule has 0 aliphatic carbocycles. The summed E-state index contributed by atoms with van der Waals surface area (Å²) in [6.45, 7) is 3.91. The molecule has 2 N–H and O–H groups in total. The molecule has 6 heteroatoms. The molecule has 1 heterocycles. The van der Waals surface area contributed by atoms with E-state index in [-0.39, 0.29) is 0 Å². The van der Waals surface area contributed by atoms with Crippen LogP contribution in [0.4, 0.5) is 11.4 Å². The summed E-state index contributed by atoms with van der Waals surface area (Å²) in [5, 5.41) is 3.34. The predicted molar refractivity (Wildman–Crippen MR) is 87.0 cm³/mol. The zero-order valence-corrected chi connectivity index (χ0v) is 13.2. The van der Waals surface area contributed by atoms with Gasteiger partial charge in [-0.3, -0.25) is 4.72 Å². The van der Waals surface area contributed by atoms with Gasteiger partial charge in [-0.2, -0.15) is 0 Å². The first-order valence-corrected chi connectivity index (χ1v) is 8.83. The van der Waals surface area contributed by atoms with Crippen molar-refractivity contribution in [2.24, 2.45) is 0 Å². The fraction of sp³-hybridized carbons (Fsp3) is 0.333. The number of sulfonamides is 1. The van der Waals surface area contributed by atoms with Gasteiger partial charge in [0, 0.05) is 29.8 Å². The molecule has 0 aliphatic rings. The molecular formula is C15H21N3O2S. The lowest BCUT2D eigenvalue weighted by atomic mass is 10.3. The van der Waals surface area contributed by atoms with Crippen molar-refractivity contribution in [3.05, 3.63) is 48.3 Å².